The minimum Gasteiger partial charge on any atom is -0.497 e. The van der Waals surface area contributed by atoms with Gasteiger partial charge < -0.3 is 14.4 Å². The van der Waals surface area contributed by atoms with E-state index in [-0.39, 0.29) is 24.9 Å². The molecule has 2 aromatic rings. The van der Waals surface area contributed by atoms with Gasteiger partial charge in [0.15, 0.2) is 0 Å². The highest BCUT2D eigenvalue weighted by molar-refractivity contribution is 5.99. The number of hydrogen-bond acceptors (Lipinski definition) is 4. The number of amides is 1. The minimum atomic E-state index is -0.432. The normalized spacial score (nSPS) is 16.6. The van der Waals surface area contributed by atoms with Gasteiger partial charge in [-0.1, -0.05) is 31.2 Å². The summed E-state index contributed by atoms with van der Waals surface area (Å²) in [6.45, 7) is 2.62. The third-order valence-corrected chi connectivity index (χ3v) is 4.63. The van der Waals surface area contributed by atoms with Crippen molar-refractivity contribution in [2.45, 2.75) is 26.4 Å². The maximum Gasteiger partial charge on any atom is 0.311 e. The molecule has 0 spiro atoms. The molecular weight excluding hydrogens is 330 g/mol. The number of nitrogens with zero attached hydrogens (tertiary/aromatic N) is 1. The van der Waals surface area contributed by atoms with Crippen molar-refractivity contribution in [1.82, 2.24) is 0 Å². The molecule has 1 unspecified atom stereocenters. The average Bonchev–Trinajstić information content (AvgIpc) is 3.08. The first-order valence-corrected chi connectivity index (χ1v) is 8.79. The van der Waals surface area contributed by atoms with E-state index in [4.69, 9.17) is 9.47 Å². The largest absolute Gasteiger partial charge is 0.497 e. The van der Waals surface area contributed by atoms with Crippen LogP contribution in [0.4, 0.5) is 5.69 Å². The molecule has 1 aliphatic rings. The Morgan fingerprint density at radius 2 is 1.92 bits per heavy atom. The van der Waals surface area contributed by atoms with Gasteiger partial charge in [0.1, 0.15) is 12.4 Å². The highest BCUT2D eigenvalue weighted by Gasteiger charge is 2.36. The van der Waals surface area contributed by atoms with E-state index in [1.165, 1.54) is 5.56 Å². The first kappa shape index (κ1) is 18.0. The van der Waals surface area contributed by atoms with E-state index < -0.39 is 5.92 Å². The molecule has 0 radical (unpaired) electrons. The molecule has 0 bridgehead atoms. The van der Waals surface area contributed by atoms with Gasteiger partial charge in [0.05, 0.1) is 13.0 Å². The van der Waals surface area contributed by atoms with E-state index >= 15 is 0 Å². The van der Waals surface area contributed by atoms with Crippen LogP contribution in [0.3, 0.4) is 0 Å². The highest BCUT2D eigenvalue weighted by Crippen LogP contribution is 2.26. The van der Waals surface area contributed by atoms with Gasteiger partial charge in [-0.2, -0.15) is 0 Å². The Morgan fingerprint density at radius 3 is 2.62 bits per heavy atom. The Labute approximate surface area is 153 Å². The number of aryl methyl sites for hydroxylation is 1. The monoisotopic (exact) mass is 353 g/mol. The van der Waals surface area contributed by atoms with Crippen molar-refractivity contribution >= 4 is 17.6 Å². The quantitative estimate of drug-likeness (QED) is 0.748. The Hall–Kier alpha value is -2.82. The molecule has 2 aromatic carbocycles. The second-order valence-electron chi connectivity index (χ2n) is 6.38. The summed E-state index contributed by atoms with van der Waals surface area (Å²) in [4.78, 5) is 26.3. The lowest BCUT2D eigenvalue weighted by Gasteiger charge is -2.17. The van der Waals surface area contributed by atoms with Crippen LogP contribution in [0.25, 0.3) is 0 Å². The summed E-state index contributed by atoms with van der Waals surface area (Å²) in [5.74, 6) is -0.0957. The summed E-state index contributed by atoms with van der Waals surface area (Å²) in [6.07, 6.45) is 1.14. The smallest absolute Gasteiger partial charge is 0.311 e. The Kier molecular flexibility index (Phi) is 5.56. The number of rotatable bonds is 6. The molecule has 0 saturated carbocycles. The molecule has 1 aliphatic heterocycles. The molecule has 0 N–H and O–H groups in total. The van der Waals surface area contributed by atoms with Gasteiger partial charge in [-0.25, -0.2) is 0 Å². The number of carbonyl (C=O) groups is 2. The minimum absolute atomic E-state index is 0.0439. The second kappa shape index (κ2) is 8.04. The summed E-state index contributed by atoms with van der Waals surface area (Å²) in [5, 5.41) is 0. The van der Waals surface area contributed by atoms with Crippen molar-refractivity contribution in [3.05, 3.63) is 59.7 Å². The van der Waals surface area contributed by atoms with Crippen LogP contribution < -0.4 is 9.64 Å². The number of benzene rings is 2. The van der Waals surface area contributed by atoms with Crippen LogP contribution in [-0.2, 0) is 27.4 Å². The van der Waals surface area contributed by atoms with Gasteiger partial charge in [0.25, 0.3) is 0 Å². The Morgan fingerprint density at radius 1 is 1.15 bits per heavy atom. The van der Waals surface area contributed by atoms with Crippen LogP contribution in [0, 0.1) is 5.92 Å². The van der Waals surface area contributed by atoms with Gasteiger partial charge in [-0.3, -0.25) is 9.59 Å². The zero-order chi connectivity index (χ0) is 18.5. The summed E-state index contributed by atoms with van der Waals surface area (Å²) in [5.41, 5.74) is 2.90. The molecule has 0 aliphatic carbocycles. The van der Waals surface area contributed by atoms with Crippen molar-refractivity contribution in [3.8, 4) is 5.75 Å². The number of ether oxygens (including phenoxy) is 2. The van der Waals surface area contributed by atoms with Gasteiger partial charge in [-0.15, -0.1) is 0 Å². The molecule has 136 valence electrons. The fourth-order valence-electron chi connectivity index (χ4n) is 3.06. The third kappa shape index (κ3) is 4.04. The first-order chi connectivity index (χ1) is 12.6. The predicted molar refractivity (Wildman–Crippen MR) is 99.1 cm³/mol. The molecule has 1 atom stereocenters. The van der Waals surface area contributed by atoms with Gasteiger partial charge in [0, 0.05) is 18.7 Å². The molecule has 1 amide bonds. The fraction of sp³-hybridized carbons (Fsp3) is 0.333. The van der Waals surface area contributed by atoms with Crippen molar-refractivity contribution in [3.63, 3.8) is 0 Å². The van der Waals surface area contributed by atoms with Crippen LogP contribution in [0.15, 0.2) is 48.5 Å². The molecule has 26 heavy (non-hydrogen) atoms. The highest BCUT2D eigenvalue weighted by atomic mass is 16.5. The number of esters is 1. The molecule has 5 nitrogen and oxygen atoms in total. The lowest BCUT2D eigenvalue weighted by molar-refractivity contribution is -0.149. The zero-order valence-electron chi connectivity index (χ0n) is 15.1. The number of carbonyl (C=O) groups excluding carboxylic acids is 2. The molecular formula is C21H23NO4. The molecule has 3 rings (SSSR count). The molecule has 1 fully saturated rings. The Balaban J connectivity index is 1.59. The van der Waals surface area contributed by atoms with E-state index in [0.29, 0.717) is 6.54 Å². The maximum absolute atomic E-state index is 12.4. The summed E-state index contributed by atoms with van der Waals surface area (Å²) in [7, 11) is 1.59. The van der Waals surface area contributed by atoms with Crippen LogP contribution in [0.2, 0.25) is 0 Å². The van der Waals surface area contributed by atoms with Crippen LogP contribution >= 0.6 is 0 Å². The lowest BCUT2D eigenvalue weighted by Crippen LogP contribution is -2.26. The SMILES string of the molecule is CCc1ccc(N2CC(C(=O)OCc3cccc(OC)c3)CC2=O)cc1. The van der Waals surface area contributed by atoms with Crippen LogP contribution in [0.1, 0.15) is 24.5 Å². The van der Waals surface area contributed by atoms with Crippen molar-refractivity contribution in [2.75, 3.05) is 18.6 Å². The topological polar surface area (TPSA) is 55.8 Å². The van der Waals surface area contributed by atoms with Crippen molar-refractivity contribution < 1.29 is 19.1 Å². The maximum atomic E-state index is 12.4. The van der Waals surface area contributed by atoms with E-state index in [1.54, 1.807) is 12.0 Å². The number of hydrogen-bond donors (Lipinski definition) is 0. The van der Waals surface area contributed by atoms with Crippen LogP contribution in [-0.4, -0.2) is 25.5 Å². The number of anilines is 1. The Bertz CT molecular complexity index is 785. The van der Waals surface area contributed by atoms with Crippen LogP contribution in [0.5, 0.6) is 5.75 Å². The van der Waals surface area contributed by atoms with Gasteiger partial charge in [-0.05, 0) is 41.8 Å². The standard InChI is InChI=1S/C21H23NO4/c1-3-15-7-9-18(10-8-15)22-13-17(12-20(22)23)21(24)26-14-16-5-4-6-19(11-16)25-2/h4-11,17H,3,12-14H2,1-2H3. The second-order valence-corrected chi connectivity index (χ2v) is 6.38. The van der Waals surface area contributed by atoms with E-state index in [0.717, 1.165) is 23.4 Å². The summed E-state index contributed by atoms with van der Waals surface area (Å²) < 4.78 is 10.6. The van der Waals surface area contributed by atoms with E-state index in [9.17, 15) is 9.59 Å². The third-order valence-electron chi connectivity index (χ3n) is 4.63. The summed E-state index contributed by atoms with van der Waals surface area (Å²) in [6, 6.07) is 15.3. The average molecular weight is 353 g/mol. The van der Waals surface area contributed by atoms with Crippen molar-refractivity contribution in [1.29, 1.82) is 0 Å². The summed E-state index contributed by atoms with van der Waals surface area (Å²) >= 11 is 0. The molecule has 1 heterocycles. The fourth-order valence-corrected chi connectivity index (χ4v) is 3.06. The van der Waals surface area contributed by atoms with Gasteiger partial charge >= 0.3 is 5.97 Å². The molecule has 5 heteroatoms. The zero-order valence-corrected chi connectivity index (χ0v) is 15.1. The predicted octanol–water partition coefficient (Wildman–Crippen LogP) is 3.35. The van der Waals surface area contributed by atoms with E-state index in [1.807, 2.05) is 48.5 Å². The molecule has 1 saturated heterocycles. The van der Waals surface area contributed by atoms with Crippen molar-refractivity contribution in [2.24, 2.45) is 5.92 Å². The molecule has 0 aromatic heterocycles. The van der Waals surface area contributed by atoms with Gasteiger partial charge in [0.2, 0.25) is 5.91 Å². The number of methoxy groups -OCH3 is 1. The van der Waals surface area contributed by atoms with E-state index in [2.05, 4.69) is 6.92 Å². The lowest BCUT2D eigenvalue weighted by atomic mass is 10.1. The first-order valence-electron chi connectivity index (χ1n) is 8.79.